The van der Waals surface area contributed by atoms with Crippen molar-refractivity contribution in [3.8, 4) is 5.75 Å². The third-order valence-corrected chi connectivity index (χ3v) is 4.54. The summed E-state index contributed by atoms with van der Waals surface area (Å²) in [6.07, 6.45) is 1.51. The van der Waals surface area contributed by atoms with Crippen molar-refractivity contribution in [2.75, 3.05) is 33.2 Å². The van der Waals surface area contributed by atoms with Gasteiger partial charge in [-0.05, 0) is 33.3 Å². The molecule has 0 saturated carbocycles. The first kappa shape index (κ1) is 22.4. The summed E-state index contributed by atoms with van der Waals surface area (Å²) in [5.41, 5.74) is 1.65. The van der Waals surface area contributed by atoms with Gasteiger partial charge in [-0.2, -0.15) is 8.78 Å². The maximum absolute atomic E-state index is 12.6. The van der Waals surface area contributed by atoms with Crippen molar-refractivity contribution in [3.63, 3.8) is 0 Å². The molecule has 0 amide bonds. The summed E-state index contributed by atoms with van der Waals surface area (Å²) >= 11 is 0. The van der Waals surface area contributed by atoms with Gasteiger partial charge >= 0.3 is 6.61 Å². The van der Waals surface area contributed by atoms with Crippen LogP contribution in [0.5, 0.6) is 5.75 Å². The molecule has 1 saturated heterocycles. The van der Waals surface area contributed by atoms with Crippen LogP contribution in [0.1, 0.15) is 31.4 Å². The second-order valence-corrected chi connectivity index (χ2v) is 7.21. The summed E-state index contributed by atoms with van der Waals surface area (Å²) in [5, 5.41) is 6.43. The highest BCUT2D eigenvalue weighted by Gasteiger charge is 2.21. The molecule has 8 heteroatoms. The molecule has 1 aliphatic heterocycles. The van der Waals surface area contributed by atoms with Gasteiger partial charge in [-0.1, -0.05) is 17.7 Å². The van der Waals surface area contributed by atoms with Crippen LogP contribution in [0.4, 0.5) is 8.78 Å². The van der Waals surface area contributed by atoms with Crippen molar-refractivity contribution >= 4 is 5.96 Å². The molecule has 0 spiro atoms. The SMILES string of the molecule is CN=C(NCCCN1CC(C)OC(C)C1)NCc1cc(C)ccc1OC(F)F. The number of hydrogen-bond acceptors (Lipinski definition) is 4. The quantitative estimate of drug-likeness (QED) is 0.401. The van der Waals surface area contributed by atoms with Gasteiger partial charge in [-0.3, -0.25) is 9.89 Å². The van der Waals surface area contributed by atoms with Gasteiger partial charge in [-0.15, -0.1) is 0 Å². The number of rotatable bonds is 8. The van der Waals surface area contributed by atoms with Crippen molar-refractivity contribution in [2.24, 2.45) is 4.99 Å². The number of aliphatic imine (C=N–C) groups is 1. The van der Waals surface area contributed by atoms with Crippen molar-refractivity contribution in [1.82, 2.24) is 15.5 Å². The first-order chi connectivity index (χ1) is 13.4. The zero-order chi connectivity index (χ0) is 20.5. The van der Waals surface area contributed by atoms with Crippen LogP contribution >= 0.6 is 0 Å². The van der Waals surface area contributed by atoms with Crippen molar-refractivity contribution < 1.29 is 18.3 Å². The zero-order valence-corrected chi connectivity index (χ0v) is 17.2. The number of morpholine rings is 1. The monoisotopic (exact) mass is 398 g/mol. The minimum absolute atomic E-state index is 0.180. The molecule has 2 N–H and O–H groups in total. The Hall–Kier alpha value is -1.93. The van der Waals surface area contributed by atoms with Gasteiger partial charge in [0.1, 0.15) is 5.75 Å². The molecule has 6 nitrogen and oxygen atoms in total. The summed E-state index contributed by atoms with van der Waals surface area (Å²) in [6.45, 7) is 7.30. The lowest BCUT2D eigenvalue weighted by molar-refractivity contribution is -0.0679. The Balaban J connectivity index is 1.76. The Kier molecular flexibility index (Phi) is 8.92. The minimum Gasteiger partial charge on any atom is -0.434 e. The summed E-state index contributed by atoms with van der Waals surface area (Å²) in [6, 6.07) is 5.15. The molecule has 0 aromatic heterocycles. The van der Waals surface area contributed by atoms with Crippen molar-refractivity contribution in [2.45, 2.75) is 52.6 Å². The maximum Gasteiger partial charge on any atom is 0.387 e. The molecule has 1 fully saturated rings. The first-order valence-corrected chi connectivity index (χ1v) is 9.74. The second-order valence-electron chi connectivity index (χ2n) is 7.21. The van der Waals surface area contributed by atoms with E-state index >= 15 is 0 Å². The highest BCUT2D eigenvalue weighted by atomic mass is 19.3. The molecular formula is C20H32F2N4O2. The van der Waals surface area contributed by atoms with Gasteiger partial charge in [0.2, 0.25) is 0 Å². The average Bonchev–Trinajstić information content (AvgIpc) is 2.62. The fraction of sp³-hybridized carbons (Fsp3) is 0.650. The first-order valence-electron chi connectivity index (χ1n) is 9.74. The van der Waals surface area contributed by atoms with E-state index in [0.717, 1.165) is 38.2 Å². The van der Waals surface area contributed by atoms with E-state index in [4.69, 9.17) is 4.74 Å². The van der Waals surface area contributed by atoms with Gasteiger partial charge in [0.25, 0.3) is 0 Å². The Morgan fingerprint density at radius 1 is 1.29 bits per heavy atom. The van der Waals surface area contributed by atoms with E-state index in [-0.39, 0.29) is 18.0 Å². The van der Waals surface area contributed by atoms with Crippen LogP contribution < -0.4 is 15.4 Å². The van der Waals surface area contributed by atoms with Crippen LogP contribution in [-0.2, 0) is 11.3 Å². The fourth-order valence-electron chi connectivity index (χ4n) is 3.43. The van der Waals surface area contributed by atoms with E-state index in [1.54, 1.807) is 19.2 Å². The van der Waals surface area contributed by atoms with E-state index in [0.29, 0.717) is 18.1 Å². The lowest BCUT2D eigenvalue weighted by atomic mass is 10.1. The van der Waals surface area contributed by atoms with E-state index < -0.39 is 6.61 Å². The Morgan fingerprint density at radius 3 is 2.64 bits per heavy atom. The molecule has 0 bridgehead atoms. The van der Waals surface area contributed by atoms with Gasteiger partial charge in [0.05, 0.1) is 12.2 Å². The van der Waals surface area contributed by atoms with Crippen LogP contribution in [0.25, 0.3) is 0 Å². The molecule has 1 aromatic carbocycles. The third kappa shape index (κ3) is 7.59. The standard InChI is InChI=1S/C20H32F2N4O2/c1-14-6-7-18(28-19(21)22)17(10-14)11-25-20(23-4)24-8-5-9-26-12-15(2)27-16(3)13-26/h6-7,10,15-16,19H,5,8-9,11-13H2,1-4H3,(H2,23,24,25). The largest absolute Gasteiger partial charge is 0.434 e. The minimum atomic E-state index is -2.84. The highest BCUT2D eigenvalue weighted by Crippen LogP contribution is 2.22. The van der Waals surface area contributed by atoms with Crippen LogP contribution in [0.3, 0.4) is 0 Å². The van der Waals surface area contributed by atoms with Gasteiger partial charge in [0, 0.05) is 45.3 Å². The van der Waals surface area contributed by atoms with Gasteiger partial charge in [-0.25, -0.2) is 0 Å². The van der Waals surface area contributed by atoms with Gasteiger partial charge in [0.15, 0.2) is 5.96 Å². The molecule has 28 heavy (non-hydrogen) atoms. The number of nitrogens with one attached hydrogen (secondary N) is 2. The number of halogens is 2. The highest BCUT2D eigenvalue weighted by molar-refractivity contribution is 5.79. The topological polar surface area (TPSA) is 58.1 Å². The van der Waals surface area contributed by atoms with Crippen LogP contribution in [0, 0.1) is 6.92 Å². The third-order valence-electron chi connectivity index (χ3n) is 4.54. The normalized spacial score (nSPS) is 21.0. The summed E-state index contributed by atoms with van der Waals surface area (Å²) < 4.78 is 35.5. The lowest BCUT2D eigenvalue weighted by Crippen LogP contribution is -2.46. The lowest BCUT2D eigenvalue weighted by Gasteiger charge is -2.35. The van der Waals surface area contributed by atoms with Crippen LogP contribution in [0.2, 0.25) is 0 Å². The molecule has 2 unspecified atom stereocenters. The van der Waals surface area contributed by atoms with E-state index in [1.165, 1.54) is 0 Å². The number of guanidine groups is 1. The number of nitrogens with zero attached hydrogens (tertiary/aromatic N) is 2. The number of alkyl halides is 2. The average molecular weight is 398 g/mol. The molecule has 1 aromatic rings. The predicted octanol–water partition coefficient (Wildman–Crippen LogP) is 2.76. The Bertz CT molecular complexity index is 633. The molecule has 1 heterocycles. The molecule has 2 atom stereocenters. The van der Waals surface area contributed by atoms with E-state index in [1.807, 2.05) is 13.0 Å². The fourth-order valence-corrected chi connectivity index (χ4v) is 3.43. The van der Waals surface area contributed by atoms with Crippen LogP contribution in [0.15, 0.2) is 23.2 Å². The van der Waals surface area contributed by atoms with Gasteiger partial charge < -0.3 is 20.1 Å². The van der Waals surface area contributed by atoms with E-state index in [2.05, 4.69) is 39.1 Å². The van der Waals surface area contributed by atoms with E-state index in [9.17, 15) is 8.78 Å². The summed E-state index contributed by atoms with van der Waals surface area (Å²) in [5.74, 6) is 0.812. The maximum atomic E-state index is 12.6. The molecule has 0 radical (unpaired) electrons. The molecular weight excluding hydrogens is 366 g/mol. The summed E-state index contributed by atoms with van der Waals surface area (Å²) in [7, 11) is 1.69. The predicted molar refractivity (Wildman–Crippen MR) is 107 cm³/mol. The summed E-state index contributed by atoms with van der Waals surface area (Å²) in [4.78, 5) is 6.61. The zero-order valence-electron chi connectivity index (χ0n) is 17.2. The Morgan fingerprint density at radius 2 is 2.00 bits per heavy atom. The Labute approximate surface area is 166 Å². The molecule has 2 rings (SSSR count). The number of hydrogen-bond donors (Lipinski definition) is 2. The number of aryl methyl sites for hydroxylation is 1. The molecule has 158 valence electrons. The van der Waals surface area contributed by atoms with Crippen molar-refractivity contribution in [1.29, 1.82) is 0 Å². The van der Waals surface area contributed by atoms with Crippen LogP contribution in [-0.4, -0.2) is 62.9 Å². The number of ether oxygens (including phenoxy) is 2. The van der Waals surface area contributed by atoms with Crippen molar-refractivity contribution in [3.05, 3.63) is 29.3 Å². The number of benzene rings is 1. The second kappa shape index (κ2) is 11.2. The molecule has 1 aliphatic rings. The molecule has 0 aliphatic carbocycles. The smallest absolute Gasteiger partial charge is 0.387 e.